The number of carbonyl (C=O) groups excluding carboxylic acids is 3. The third-order valence-corrected chi connectivity index (χ3v) is 6.75. The van der Waals surface area contributed by atoms with Crippen molar-refractivity contribution in [2.24, 2.45) is 35.5 Å². The zero-order valence-corrected chi connectivity index (χ0v) is 14.9. The Bertz CT molecular complexity index is 825. The van der Waals surface area contributed by atoms with E-state index in [1.54, 1.807) is 6.92 Å². The lowest BCUT2D eigenvalue weighted by atomic mass is 9.63. The molecule has 1 aliphatic heterocycles. The Kier molecular flexibility index (Phi) is 3.21. The number of imide groups is 1. The maximum Gasteiger partial charge on any atom is 0.247 e. The first kappa shape index (κ1) is 15.8. The molecule has 5 aliphatic rings. The number of aryl methyl sites for hydroxylation is 1. The molecule has 26 heavy (non-hydrogen) atoms. The zero-order valence-electron chi connectivity index (χ0n) is 14.9. The van der Waals surface area contributed by atoms with E-state index in [2.05, 4.69) is 17.5 Å². The van der Waals surface area contributed by atoms with Crippen molar-refractivity contribution in [1.29, 1.82) is 0 Å². The number of allylic oxidation sites excluding steroid dienone is 2. The quantitative estimate of drug-likeness (QED) is 0.672. The minimum absolute atomic E-state index is 0.156. The molecule has 2 bridgehead atoms. The number of nitrogens with one attached hydrogen (secondary N) is 1. The van der Waals surface area contributed by atoms with Crippen LogP contribution < -0.4 is 5.32 Å². The van der Waals surface area contributed by atoms with E-state index < -0.39 is 6.04 Å². The molecule has 3 fully saturated rings. The molecule has 6 rings (SSSR count). The van der Waals surface area contributed by atoms with Crippen molar-refractivity contribution in [1.82, 2.24) is 4.90 Å². The summed E-state index contributed by atoms with van der Waals surface area (Å²) in [7, 11) is 0. The normalized spacial score (nSPS) is 37.4. The van der Waals surface area contributed by atoms with Crippen LogP contribution in [0.25, 0.3) is 0 Å². The lowest BCUT2D eigenvalue weighted by molar-refractivity contribution is -0.146. The molecule has 4 aliphatic carbocycles. The average molecular weight is 350 g/mol. The lowest BCUT2D eigenvalue weighted by Crippen LogP contribution is -2.46. The molecule has 2 saturated carbocycles. The Balaban J connectivity index is 1.38. The van der Waals surface area contributed by atoms with Gasteiger partial charge in [-0.2, -0.15) is 0 Å². The summed E-state index contributed by atoms with van der Waals surface area (Å²) >= 11 is 0. The van der Waals surface area contributed by atoms with Crippen LogP contribution in [0.15, 0.2) is 36.4 Å². The predicted molar refractivity (Wildman–Crippen MR) is 95.8 cm³/mol. The van der Waals surface area contributed by atoms with E-state index in [9.17, 15) is 14.4 Å². The van der Waals surface area contributed by atoms with Crippen molar-refractivity contribution in [2.45, 2.75) is 26.3 Å². The number of nitrogens with zero attached hydrogens (tertiary/aromatic N) is 1. The van der Waals surface area contributed by atoms with Gasteiger partial charge in [0.2, 0.25) is 17.7 Å². The van der Waals surface area contributed by atoms with Crippen molar-refractivity contribution >= 4 is 23.4 Å². The Morgan fingerprint density at radius 2 is 1.73 bits per heavy atom. The Morgan fingerprint density at radius 1 is 1.12 bits per heavy atom. The van der Waals surface area contributed by atoms with Crippen LogP contribution in [0.1, 0.15) is 18.9 Å². The molecule has 3 amide bonds. The fourth-order valence-corrected chi connectivity index (χ4v) is 5.45. The molecule has 0 unspecified atom stereocenters. The highest BCUT2D eigenvalue weighted by Gasteiger charge is 2.67. The Labute approximate surface area is 152 Å². The summed E-state index contributed by atoms with van der Waals surface area (Å²) in [6, 6.07) is 6.70. The molecule has 0 radical (unpaired) electrons. The van der Waals surface area contributed by atoms with Crippen LogP contribution in [-0.4, -0.2) is 28.7 Å². The van der Waals surface area contributed by atoms with E-state index in [1.165, 1.54) is 4.90 Å². The Morgan fingerprint density at radius 3 is 2.31 bits per heavy atom. The van der Waals surface area contributed by atoms with Crippen LogP contribution in [0.5, 0.6) is 0 Å². The van der Waals surface area contributed by atoms with Gasteiger partial charge in [-0.15, -0.1) is 0 Å². The van der Waals surface area contributed by atoms with Crippen molar-refractivity contribution in [3.63, 3.8) is 0 Å². The van der Waals surface area contributed by atoms with Gasteiger partial charge in [-0.1, -0.05) is 24.3 Å². The van der Waals surface area contributed by atoms with Crippen LogP contribution >= 0.6 is 0 Å². The third kappa shape index (κ3) is 2.06. The fourth-order valence-electron chi connectivity index (χ4n) is 5.45. The van der Waals surface area contributed by atoms with Gasteiger partial charge in [0, 0.05) is 5.69 Å². The number of anilines is 1. The number of likely N-dealkylation sites (tertiary alicyclic amines) is 1. The van der Waals surface area contributed by atoms with Gasteiger partial charge < -0.3 is 5.32 Å². The second-order valence-corrected chi connectivity index (χ2v) is 8.24. The van der Waals surface area contributed by atoms with Gasteiger partial charge in [0.1, 0.15) is 6.04 Å². The highest BCUT2D eigenvalue weighted by molar-refractivity contribution is 6.10. The molecular weight excluding hydrogens is 328 g/mol. The molecule has 7 atom stereocenters. The molecule has 1 N–H and O–H groups in total. The molecular formula is C21H22N2O3. The van der Waals surface area contributed by atoms with E-state index in [0.717, 1.165) is 12.0 Å². The number of rotatable bonds is 3. The van der Waals surface area contributed by atoms with Crippen LogP contribution in [0, 0.1) is 42.4 Å². The fraction of sp³-hybridized carbons (Fsp3) is 0.476. The Hall–Kier alpha value is -2.43. The van der Waals surface area contributed by atoms with Gasteiger partial charge in [-0.25, -0.2) is 0 Å². The largest absolute Gasteiger partial charge is 0.324 e. The summed E-state index contributed by atoms with van der Waals surface area (Å²) in [5.74, 6) is 0.367. The number of benzene rings is 1. The van der Waals surface area contributed by atoms with E-state index in [-0.39, 0.29) is 41.4 Å². The molecule has 1 heterocycles. The van der Waals surface area contributed by atoms with Gasteiger partial charge in [0.05, 0.1) is 11.8 Å². The molecule has 5 heteroatoms. The van der Waals surface area contributed by atoms with E-state index in [4.69, 9.17) is 0 Å². The highest BCUT2D eigenvalue weighted by atomic mass is 16.2. The molecule has 134 valence electrons. The monoisotopic (exact) mass is 350 g/mol. The van der Waals surface area contributed by atoms with Crippen molar-refractivity contribution in [2.75, 3.05) is 5.32 Å². The number of hydrogen-bond donors (Lipinski definition) is 1. The van der Waals surface area contributed by atoms with Gasteiger partial charge >= 0.3 is 0 Å². The van der Waals surface area contributed by atoms with Crippen LogP contribution in [0.2, 0.25) is 0 Å². The second kappa shape index (κ2) is 5.29. The average Bonchev–Trinajstić information content (AvgIpc) is 3.39. The summed E-state index contributed by atoms with van der Waals surface area (Å²) in [6.07, 6.45) is 5.43. The summed E-state index contributed by atoms with van der Waals surface area (Å²) < 4.78 is 0. The maximum absolute atomic E-state index is 13.0. The van der Waals surface area contributed by atoms with Gasteiger partial charge in [0.25, 0.3) is 0 Å². The number of carbonyl (C=O) groups is 3. The predicted octanol–water partition coefficient (Wildman–Crippen LogP) is 2.38. The standard InChI is InChI=1S/C21H22N2O3/c1-10-4-3-5-12(8-10)22-19(24)11(2)23-20(25)17-13-6-7-14(16-9-15(13)16)18(17)21(23)26/h3-8,11,13-18H,9H2,1-2H3,(H,22,24)/t11-,13-,14-,15-,16-,17-,18+/m1/s1. The number of hydrogen-bond acceptors (Lipinski definition) is 3. The number of amides is 3. The SMILES string of the molecule is Cc1cccc(NC(=O)[C@@H](C)N2C(=O)[C@@H]3[C@@H]4C=C[C@H]([C@H]5C[C@H]45)[C@@H]3C2=O)c1. The zero-order chi connectivity index (χ0) is 18.2. The topological polar surface area (TPSA) is 66.5 Å². The minimum Gasteiger partial charge on any atom is -0.324 e. The molecule has 1 saturated heterocycles. The van der Waals surface area contributed by atoms with E-state index in [1.807, 2.05) is 31.2 Å². The molecule has 1 aromatic carbocycles. The summed E-state index contributed by atoms with van der Waals surface area (Å²) in [5.41, 5.74) is 1.72. The summed E-state index contributed by atoms with van der Waals surface area (Å²) in [5, 5.41) is 2.84. The van der Waals surface area contributed by atoms with Crippen molar-refractivity contribution in [3.8, 4) is 0 Å². The molecule has 0 aromatic heterocycles. The maximum atomic E-state index is 13.0. The lowest BCUT2D eigenvalue weighted by Gasteiger charge is -2.37. The third-order valence-electron chi connectivity index (χ3n) is 6.75. The first-order valence-electron chi connectivity index (χ1n) is 9.40. The van der Waals surface area contributed by atoms with Gasteiger partial charge in [-0.3, -0.25) is 19.3 Å². The second-order valence-electron chi connectivity index (χ2n) is 8.24. The van der Waals surface area contributed by atoms with Gasteiger partial charge in [-0.05, 0) is 61.6 Å². The summed E-state index contributed by atoms with van der Waals surface area (Å²) in [6.45, 7) is 3.60. The van der Waals surface area contributed by atoms with Crippen molar-refractivity contribution in [3.05, 3.63) is 42.0 Å². The first-order chi connectivity index (χ1) is 12.5. The van der Waals surface area contributed by atoms with Crippen LogP contribution in [0.3, 0.4) is 0 Å². The van der Waals surface area contributed by atoms with E-state index >= 15 is 0 Å². The minimum atomic E-state index is -0.795. The van der Waals surface area contributed by atoms with Gasteiger partial charge in [0.15, 0.2) is 0 Å². The van der Waals surface area contributed by atoms with Crippen LogP contribution in [-0.2, 0) is 14.4 Å². The first-order valence-corrected chi connectivity index (χ1v) is 9.40. The van der Waals surface area contributed by atoms with Crippen LogP contribution in [0.4, 0.5) is 5.69 Å². The summed E-state index contributed by atoms with van der Waals surface area (Å²) in [4.78, 5) is 40.0. The molecule has 1 aromatic rings. The molecule has 0 spiro atoms. The van der Waals surface area contributed by atoms with E-state index in [0.29, 0.717) is 17.5 Å². The smallest absolute Gasteiger partial charge is 0.247 e. The molecule has 5 nitrogen and oxygen atoms in total. The van der Waals surface area contributed by atoms with Crippen molar-refractivity contribution < 1.29 is 14.4 Å². The highest BCUT2D eigenvalue weighted by Crippen LogP contribution is 2.65.